The normalized spacial score (nSPS) is 12.3. The van der Waals surface area contributed by atoms with Crippen LogP contribution in [0.2, 0.25) is 0 Å². The number of hydrogen-bond acceptors (Lipinski definition) is 3. The van der Waals surface area contributed by atoms with Gasteiger partial charge in [0.25, 0.3) is 0 Å². The lowest BCUT2D eigenvalue weighted by Crippen LogP contribution is -2.43. The minimum atomic E-state index is -4.51. The first-order valence-electron chi connectivity index (χ1n) is 8.00. The molecule has 2 rings (SSSR count). The fourth-order valence-corrected chi connectivity index (χ4v) is 2.52. The van der Waals surface area contributed by atoms with Crippen LogP contribution in [-0.2, 0) is 28.6 Å². The maximum absolute atomic E-state index is 12.7. The van der Waals surface area contributed by atoms with E-state index in [0.29, 0.717) is 11.3 Å². The highest BCUT2D eigenvalue weighted by molar-refractivity contribution is 5.85. The smallest absolute Gasteiger partial charge is 0.416 e. The Hall–Kier alpha value is -3.03. The number of hydrogen-bond donors (Lipinski definition) is 2. The van der Waals surface area contributed by atoms with E-state index < -0.39 is 29.7 Å². The summed E-state index contributed by atoms with van der Waals surface area (Å²) in [6.07, 6.45) is -4.85. The molecular formula is C19H18F3NO4. The molecule has 0 saturated carbocycles. The van der Waals surface area contributed by atoms with Gasteiger partial charge in [-0.05, 0) is 29.3 Å². The zero-order valence-electron chi connectivity index (χ0n) is 14.4. The van der Waals surface area contributed by atoms with Gasteiger partial charge in [-0.1, -0.05) is 30.3 Å². The van der Waals surface area contributed by atoms with Crippen LogP contribution >= 0.6 is 0 Å². The van der Waals surface area contributed by atoms with E-state index in [4.69, 9.17) is 4.74 Å². The van der Waals surface area contributed by atoms with Crippen molar-refractivity contribution >= 4 is 11.9 Å². The van der Waals surface area contributed by atoms with E-state index in [0.717, 1.165) is 12.1 Å². The molecule has 0 bridgehead atoms. The van der Waals surface area contributed by atoms with Crippen LogP contribution in [-0.4, -0.2) is 30.1 Å². The Morgan fingerprint density at radius 3 is 2.41 bits per heavy atom. The molecule has 5 nitrogen and oxygen atoms in total. The van der Waals surface area contributed by atoms with Crippen molar-refractivity contribution in [3.8, 4) is 5.75 Å². The van der Waals surface area contributed by atoms with Crippen molar-refractivity contribution < 1.29 is 32.6 Å². The predicted molar refractivity (Wildman–Crippen MR) is 91.4 cm³/mol. The minimum Gasteiger partial charge on any atom is -0.497 e. The van der Waals surface area contributed by atoms with E-state index in [1.807, 2.05) is 0 Å². The molecule has 0 fully saturated rings. The maximum atomic E-state index is 12.7. The quantitative estimate of drug-likeness (QED) is 0.773. The zero-order chi connectivity index (χ0) is 20.0. The van der Waals surface area contributed by atoms with Crippen LogP contribution in [0.4, 0.5) is 13.2 Å². The van der Waals surface area contributed by atoms with Crippen molar-refractivity contribution in [2.24, 2.45) is 0 Å². The highest BCUT2D eigenvalue weighted by Crippen LogP contribution is 2.29. The lowest BCUT2D eigenvalue weighted by molar-refractivity contribution is -0.141. The van der Waals surface area contributed by atoms with Crippen molar-refractivity contribution in [3.63, 3.8) is 0 Å². The fourth-order valence-electron chi connectivity index (χ4n) is 2.52. The van der Waals surface area contributed by atoms with Gasteiger partial charge < -0.3 is 15.2 Å². The van der Waals surface area contributed by atoms with Crippen molar-refractivity contribution in [2.45, 2.75) is 25.1 Å². The van der Waals surface area contributed by atoms with Gasteiger partial charge in [-0.15, -0.1) is 0 Å². The molecule has 0 aromatic heterocycles. The Labute approximate surface area is 153 Å². The summed E-state index contributed by atoms with van der Waals surface area (Å²) < 4.78 is 43.3. The topological polar surface area (TPSA) is 75.6 Å². The average molecular weight is 381 g/mol. The van der Waals surface area contributed by atoms with E-state index >= 15 is 0 Å². The Morgan fingerprint density at radius 1 is 1.11 bits per heavy atom. The van der Waals surface area contributed by atoms with Gasteiger partial charge in [0.2, 0.25) is 5.91 Å². The number of nitrogens with one attached hydrogen (secondary N) is 1. The largest absolute Gasteiger partial charge is 0.497 e. The molecule has 0 spiro atoms. The SMILES string of the molecule is COc1cccc(C[C@H](NC(=O)Cc2cccc(C(F)(F)F)c2)C(=O)O)c1. The summed E-state index contributed by atoms with van der Waals surface area (Å²) in [5, 5.41) is 11.7. The monoisotopic (exact) mass is 381 g/mol. The van der Waals surface area contributed by atoms with E-state index in [2.05, 4.69) is 5.32 Å². The fraction of sp³-hybridized carbons (Fsp3) is 0.263. The van der Waals surface area contributed by atoms with Crippen LogP contribution in [0.5, 0.6) is 5.75 Å². The highest BCUT2D eigenvalue weighted by Gasteiger charge is 2.30. The average Bonchev–Trinajstić information content (AvgIpc) is 2.60. The third kappa shape index (κ3) is 6.02. The zero-order valence-corrected chi connectivity index (χ0v) is 14.4. The second-order valence-corrected chi connectivity index (χ2v) is 5.89. The third-order valence-corrected chi connectivity index (χ3v) is 3.83. The molecule has 27 heavy (non-hydrogen) atoms. The molecule has 0 saturated heterocycles. The van der Waals surface area contributed by atoms with E-state index in [1.165, 1.54) is 19.2 Å². The number of alkyl halides is 3. The summed E-state index contributed by atoms with van der Waals surface area (Å²) in [5.41, 5.74) is -0.0760. The number of halogens is 3. The number of carboxylic acid groups (broad SMARTS) is 1. The van der Waals surface area contributed by atoms with Crippen molar-refractivity contribution in [1.82, 2.24) is 5.32 Å². The van der Waals surface area contributed by atoms with Crippen LogP contribution in [0.1, 0.15) is 16.7 Å². The molecule has 2 aromatic carbocycles. The van der Waals surface area contributed by atoms with Crippen molar-refractivity contribution in [1.29, 1.82) is 0 Å². The highest BCUT2D eigenvalue weighted by atomic mass is 19.4. The lowest BCUT2D eigenvalue weighted by atomic mass is 10.0. The first-order chi connectivity index (χ1) is 12.7. The summed E-state index contributed by atoms with van der Waals surface area (Å²) in [4.78, 5) is 23.6. The van der Waals surface area contributed by atoms with Crippen LogP contribution in [0, 0.1) is 0 Å². The predicted octanol–water partition coefficient (Wildman–Crippen LogP) is 3.07. The molecule has 2 aromatic rings. The number of amides is 1. The third-order valence-electron chi connectivity index (χ3n) is 3.83. The molecule has 0 unspecified atom stereocenters. The Morgan fingerprint density at radius 2 is 1.78 bits per heavy atom. The summed E-state index contributed by atoms with van der Waals surface area (Å²) in [6, 6.07) is 9.88. The van der Waals surface area contributed by atoms with E-state index in [-0.39, 0.29) is 18.4 Å². The molecule has 0 aliphatic heterocycles. The Kier molecular flexibility index (Phi) is 6.44. The van der Waals surface area contributed by atoms with Gasteiger partial charge in [0, 0.05) is 6.42 Å². The van der Waals surface area contributed by atoms with Gasteiger partial charge >= 0.3 is 12.1 Å². The molecule has 0 aliphatic rings. The van der Waals surface area contributed by atoms with Gasteiger partial charge in [-0.2, -0.15) is 13.2 Å². The summed E-state index contributed by atoms with van der Waals surface area (Å²) in [6.45, 7) is 0. The van der Waals surface area contributed by atoms with Gasteiger partial charge in [0.05, 0.1) is 19.1 Å². The number of carbonyl (C=O) groups is 2. The number of carbonyl (C=O) groups excluding carboxylic acids is 1. The Balaban J connectivity index is 2.06. The van der Waals surface area contributed by atoms with Gasteiger partial charge in [0.1, 0.15) is 11.8 Å². The minimum absolute atomic E-state index is 0.0147. The molecule has 1 amide bonds. The lowest BCUT2D eigenvalue weighted by Gasteiger charge is -2.15. The second kappa shape index (κ2) is 8.57. The van der Waals surface area contributed by atoms with Crippen LogP contribution in [0.3, 0.4) is 0 Å². The first kappa shape index (κ1) is 20.3. The number of carboxylic acids is 1. The molecule has 0 aliphatic carbocycles. The van der Waals surface area contributed by atoms with Gasteiger partial charge in [0.15, 0.2) is 0 Å². The van der Waals surface area contributed by atoms with E-state index in [9.17, 15) is 27.9 Å². The molecule has 144 valence electrons. The van der Waals surface area contributed by atoms with Gasteiger partial charge in [-0.25, -0.2) is 4.79 Å². The maximum Gasteiger partial charge on any atom is 0.416 e. The summed E-state index contributed by atoms with van der Waals surface area (Å²) >= 11 is 0. The van der Waals surface area contributed by atoms with Crippen molar-refractivity contribution in [3.05, 3.63) is 65.2 Å². The standard InChI is InChI=1S/C19H18F3NO4/c1-27-15-7-3-5-13(9-15)10-16(18(25)26)23-17(24)11-12-4-2-6-14(8-12)19(20,21)22/h2-9,16H,10-11H2,1H3,(H,23,24)(H,25,26)/t16-/m0/s1. The number of rotatable bonds is 7. The molecule has 0 heterocycles. The molecule has 1 atom stereocenters. The number of methoxy groups -OCH3 is 1. The number of aliphatic carboxylic acids is 1. The van der Waals surface area contributed by atoms with E-state index in [1.54, 1.807) is 24.3 Å². The number of ether oxygens (including phenoxy) is 1. The number of benzene rings is 2. The molecular weight excluding hydrogens is 363 g/mol. The molecule has 8 heteroatoms. The second-order valence-electron chi connectivity index (χ2n) is 5.89. The molecule has 0 radical (unpaired) electrons. The van der Waals surface area contributed by atoms with Crippen LogP contribution in [0.15, 0.2) is 48.5 Å². The molecule has 2 N–H and O–H groups in total. The van der Waals surface area contributed by atoms with Gasteiger partial charge in [-0.3, -0.25) is 4.79 Å². The van der Waals surface area contributed by atoms with Crippen molar-refractivity contribution in [2.75, 3.05) is 7.11 Å². The van der Waals surface area contributed by atoms with Crippen LogP contribution in [0.25, 0.3) is 0 Å². The van der Waals surface area contributed by atoms with Crippen LogP contribution < -0.4 is 10.1 Å². The first-order valence-corrected chi connectivity index (χ1v) is 8.00. The Bertz CT molecular complexity index is 821. The summed E-state index contributed by atoms with van der Waals surface area (Å²) in [5.74, 6) is -1.37. The summed E-state index contributed by atoms with van der Waals surface area (Å²) in [7, 11) is 1.48.